The van der Waals surface area contributed by atoms with Crippen LogP contribution in [-0.4, -0.2) is 9.97 Å². The Balaban J connectivity index is 2.04. The molecule has 0 unspecified atom stereocenters. The molecule has 0 saturated heterocycles. The van der Waals surface area contributed by atoms with Gasteiger partial charge in [-0.05, 0) is 34.1 Å². The molecule has 2 aromatic rings. The van der Waals surface area contributed by atoms with E-state index in [4.69, 9.17) is 18.0 Å². The summed E-state index contributed by atoms with van der Waals surface area (Å²) in [6, 6.07) is 7.66. The predicted molar refractivity (Wildman–Crippen MR) is 79.5 cm³/mol. The summed E-state index contributed by atoms with van der Waals surface area (Å²) < 4.78 is 1.10. The Kier molecular flexibility index (Phi) is 4.09. The van der Waals surface area contributed by atoms with Crippen molar-refractivity contribution in [1.29, 1.82) is 0 Å². The van der Waals surface area contributed by atoms with Gasteiger partial charge in [0.15, 0.2) is 0 Å². The number of thiophene rings is 1. The number of pyridine rings is 1. The zero-order valence-electron chi connectivity index (χ0n) is 8.81. The maximum Gasteiger partial charge on any atom is 0.127 e. The van der Waals surface area contributed by atoms with Crippen LogP contribution in [0.1, 0.15) is 10.6 Å². The second-order valence-electron chi connectivity index (χ2n) is 3.36. The van der Waals surface area contributed by atoms with Crippen LogP contribution in [0.25, 0.3) is 0 Å². The fourth-order valence-corrected chi connectivity index (χ4v) is 2.80. The lowest BCUT2D eigenvalue weighted by molar-refractivity contribution is 1.13. The normalized spacial score (nSPS) is 10.2. The average molecular weight is 328 g/mol. The van der Waals surface area contributed by atoms with E-state index in [0.29, 0.717) is 10.7 Å². The Morgan fingerprint density at radius 2 is 2.35 bits per heavy atom. The quantitative estimate of drug-likeness (QED) is 0.847. The highest BCUT2D eigenvalue weighted by Gasteiger charge is 2.01. The lowest BCUT2D eigenvalue weighted by Crippen LogP contribution is -2.12. The first-order valence-electron chi connectivity index (χ1n) is 4.89. The number of rotatable bonds is 4. The molecule has 2 aromatic heterocycles. The Bertz CT molecular complexity index is 539. The summed E-state index contributed by atoms with van der Waals surface area (Å²) in [5.74, 6) is 0.778. The van der Waals surface area contributed by atoms with Crippen molar-refractivity contribution in [2.24, 2.45) is 5.73 Å². The predicted octanol–water partition coefficient (Wildman–Crippen LogP) is 3.15. The number of halogens is 1. The van der Waals surface area contributed by atoms with E-state index >= 15 is 0 Å². The van der Waals surface area contributed by atoms with Gasteiger partial charge in [0.25, 0.3) is 0 Å². The molecule has 2 rings (SSSR count). The van der Waals surface area contributed by atoms with E-state index in [1.165, 1.54) is 4.88 Å². The van der Waals surface area contributed by atoms with Crippen LogP contribution in [0.2, 0.25) is 0 Å². The molecule has 2 heterocycles. The van der Waals surface area contributed by atoms with Gasteiger partial charge < -0.3 is 11.1 Å². The van der Waals surface area contributed by atoms with E-state index < -0.39 is 0 Å². The number of hydrogen-bond acceptors (Lipinski definition) is 4. The van der Waals surface area contributed by atoms with E-state index in [2.05, 4.69) is 37.7 Å². The van der Waals surface area contributed by atoms with Crippen molar-refractivity contribution >= 4 is 50.3 Å². The summed E-state index contributed by atoms with van der Waals surface area (Å²) >= 11 is 10.0. The molecule has 0 fully saturated rings. The van der Waals surface area contributed by atoms with E-state index in [-0.39, 0.29) is 0 Å². The minimum absolute atomic E-state index is 0.313. The lowest BCUT2D eigenvalue weighted by Gasteiger charge is -2.05. The van der Waals surface area contributed by atoms with Gasteiger partial charge in [0.2, 0.25) is 0 Å². The number of aromatic nitrogens is 1. The third kappa shape index (κ3) is 3.49. The van der Waals surface area contributed by atoms with Gasteiger partial charge in [-0.3, -0.25) is 0 Å². The van der Waals surface area contributed by atoms with Crippen molar-refractivity contribution in [1.82, 2.24) is 4.98 Å². The molecule has 0 saturated carbocycles. The van der Waals surface area contributed by atoms with Gasteiger partial charge in [0.05, 0.1) is 12.2 Å². The summed E-state index contributed by atoms with van der Waals surface area (Å²) in [5.41, 5.74) is 6.17. The van der Waals surface area contributed by atoms with E-state index in [1.54, 1.807) is 17.4 Å². The Morgan fingerprint density at radius 3 is 3.00 bits per heavy atom. The summed E-state index contributed by atoms with van der Waals surface area (Å²) in [5, 5.41) is 5.28. The molecule has 0 amide bonds. The van der Waals surface area contributed by atoms with Crippen LogP contribution in [-0.2, 0) is 6.54 Å². The van der Waals surface area contributed by atoms with E-state index in [1.807, 2.05) is 12.1 Å². The Morgan fingerprint density at radius 1 is 1.53 bits per heavy atom. The van der Waals surface area contributed by atoms with Gasteiger partial charge in [-0.1, -0.05) is 18.3 Å². The van der Waals surface area contributed by atoms with Crippen LogP contribution in [0.5, 0.6) is 0 Å². The third-order valence-electron chi connectivity index (χ3n) is 2.07. The van der Waals surface area contributed by atoms with Gasteiger partial charge >= 0.3 is 0 Å². The summed E-state index contributed by atoms with van der Waals surface area (Å²) in [4.78, 5) is 5.86. The Labute approximate surface area is 117 Å². The first kappa shape index (κ1) is 12.5. The van der Waals surface area contributed by atoms with Crippen LogP contribution in [0.4, 0.5) is 5.82 Å². The van der Waals surface area contributed by atoms with Crippen molar-refractivity contribution in [3.63, 3.8) is 0 Å². The average Bonchev–Trinajstić information content (AvgIpc) is 2.73. The van der Waals surface area contributed by atoms with Gasteiger partial charge in [-0.2, -0.15) is 0 Å². The molecule has 0 aliphatic rings. The first-order chi connectivity index (χ1) is 8.15. The lowest BCUT2D eigenvalue weighted by atomic mass is 10.3. The third-order valence-corrected chi connectivity index (χ3v) is 3.97. The highest BCUT2D eigenvalue weighted by Crippen LogP contribution is 2.20. The van der Waals surface area contributed by atoms with Crippen molar-refractivity contribution in [2.75, 3.05) is 5.32 Å². The number of thiocarbonyl (C=S) groups is 1. The molecule has 6 heteroatoms. The smallest absolute Gasteiger partial charge is 0.127 e. The molecule has 0 radical (unpaired) electrons. The van der Waals surface area contributed by atoms with Gasteiger partial charge in [-0.25, -0.2) is 4.98 Å². The molecular formula is C11H10BrN3S2. The molecule has 0 bridgehead atoms. The van der Waals surface area contributed by atoms with Crippen LogP contribution in [0, 0.1) is 0 Å². The summed E-state index contributed by atoms with van der Waals surface area (Å²) in [7, 11) is 0. The van der Waals surface area contributed by atoms with Crippen LogP contribution in [0.15, 0.2) is 34.1 Å². The van der Waals surface area contributed by atoms with E-state index in [0.717, 1.165) is 16.8 Å². The van der Waals surface area contributed by atoms with Gasteiger partial charge in [-0.15, -0.1) is 11.3 Å². The summed E-state index contributed by atoms with van der Waals surface area (Å²) in [6.45, 7) is 0.740. The molecule has 0 aromatic carbocycles. The highest BCUT2D eigenvalue weighted by molar-refractivity contribution is 9.10. The standard InChI is InChI=1S/C11H10BrN3S2/c12-7-4-8(17-6-7)5-14-10-3-1-2-9(15-10)11(13)16/h1-4,6H,5H2,(H2,13,16)(H,14,15). The zero-order valence-corrected chi connectivity index (χ0v) is 12.0. The number of nitrogens with zero attached hydrogens (tertiary/aromatic N) is 1. The molecule has 0 aliphatic heterocycles. The molecule has 17 heavy (non-hydrogen) atoms. The maximum absolute atomic E-state index is 5.53. The monoisotopic (exact) mass is 327 g/mol. The van der Waals surface area contributed by atoms with Gasteiger partial charge in [0, 0.05) is 14.7 Å². The highest BCUT2D eigenvalue weighted by atomic mass is 79.9. The van der Waals surface area contributed by atoms with Crippen LogP contribution >= 0.6 is 39.5 Å². The second kappa shape index (κ2) is 5.57. The SMILES string of the molecule is NC(=S)c1cccc(NCc2cc(Br)cs2)n1. The number of anilines is 1. The van der Waals surface area contributed by atoms with Crippen molar-refractivity contribution in [2.45, 2.75) is 6.54 Å². The Hall–Kier alpha value is -0.980. The molecule has 3 nitrogen and oxygen atoms in total. The summed E-state index contributed by atoms with van der Waals surface area (Å²) in [6.07, 6.45) is 0. The topological polar surface area (TPSA) is 50.9 Å². The van der Waals surface area contributed by atoms with E-state index in [9.17, 15) is 0 Å². The zero-order chi connectivity index (χ0) is 12.3. The number of nitrogens with two attached hydrogens (primary N) is 1. The largest absolute Gasteiger partial charge is 0.388 e. The molecule has 88 valence electrons. The van der Waals surface area contributed by atoms with Crippen LogP contribution < -0.4 is 11.1 Å². The number of hydrogen-bond donors (Lipinski definition) is 2. The van der Waals surface area contributed by atoms with Gasteiger partial charge in [0.1, 0.15) is 10.8 Å². The molecule has 3 N–H and O–H groups in total. The van der Waals surface area contributed by atoms with Crippen molar-refractivity contribution in [3.8, 4) is 0 Å². The molecule has 0 spiro atoms. The fourth-order valence-electron chi connectivity index (χ4n) is 1.29. The van der Waals surface area contributed by atoms with Crippen molar-refractivity contribution in [3.05, 3.63) is 44.7 Å². The number of nitrogens with one attached hydrogen (secondary N) is 1. The molecule has 0 aliphatic carbocycles. The fraction of sp³-hybridized carbons (Fsp3) is 0.0909. The second-order valence-corrected chi connectivity index (χ2v) is 5.71. The molecular weight excluding hydrogens is 318 g/mol. The van der Waals surface area contributed by atoms with Crippen molar-refractivity contribution < 1.29 is 0 Å². The van der Waals surface area contributed by atoms with Crippen LogP contribution in [0.3, 0.4) is 0 Å². The minimum Gasteiger partial charge on any atom is -0.388 e. The first-order valence-corrected chi connectivity index (χ1v) is 6.97. The molecule has 0 atom stereocenters. The maximum atomic E-state index is 5.53. The minimum atomic E-state index is 0.313.